The number of rotatable bonds is 2. The molecule has 0 spiro atoms. The van der Waals surface area contributed by atoms with Crippen LogP contribution in [0.3, 0.4) is 0 Å². The van der Waals surface area contributed by atoms with Crippen LogP contribution in [0.1, 0.15) is 16.1 Å². The fraction of sp³-hybridized carbons (Fsp3) is 0.111. The molecule has 2 rings (SSSR count). The SMILES string of the molecule is Cc1[nH]nc(-c2ccc(Cl)s2)c1C(=O)O. The van der Waals surface area contributed by atoms with E-state index >= 15 is 0 Å². The lowest BCUT2D eigenvalue weighted by molar-refractivity contribution is 0.0697. The Labute approximate surface area is 94.5 Å². The van der Waals surface area contributed by atoms with E-state index in [2.05, 4.69) is 10.2 Å². The molecule has 0 atom stereocenters. The van der Waals surface area contributed by atoms with E-state index < -0.39 is 5.97 Å². The number of aryl methyl sites for hydroxylation is 1. The average molecular weight is 243 g/mol. The first kappa shape index (κ1) is 10.2. The number of aromatic nitrogens is 2. The fourth-order valence-corrected chi connectivity index (χ4v) is 2.35. The zero-order valence-corrected chi connectivity index (χ0v) is 9.32. The number of carboxylic acids is 1. The second-order valence-electron chi connectivity index (χ2n) is 2.98. The predicted molar refractivity (Wildman–Crippen MR) is 58.6 cm³/mol. The number of carboxylic acid groups (broad SMARTS) is 1. The Kier molecular flexibility index (Phi) is 2.50. The second-order valence-corrected chi connectivity index (χ2v) is 4.70. The van der Waals surface area contributed by atoms with E-state index in [1.54, 1.807) is 19.1 Å². The normalized spacial score (nSPS) is 10.5. The molecule has 0 radical (unpaired) electrons. The summed E-state index contributed by atoms with van der Waals surface area (Å²) in [7, 11) is 0. The molecule has 0 saturated heterocycles. The van der Waals surface area contributed by atoms with Crippen molar-refractivity contribution in [2.45, 2.75) is 6.92 Å². The minimum atomic E-state index is -0.985. The molecule has 0 fully saturated rings. The zero-order chi connectivity index (χ0) is 11.0. The Balaban J connectivity index is 2.58. The highest BCUT2D eigenvalue weighted by Gasteiger charge is 2.19. The first-order valence-corrected chi connectivity index (χ1v) is 5.33. The molecule has 0 aliphatic heterocycles. The van der Waals surface area contributed by atoms with Crippen LogP contribution in [0.15, 0.2) is 12.1 Å². The first-order valence-electron chi connectivity index (χ1n) is 4.13. The Hall–Kier alpha value is -1.33. The molecule has 15 heavy (non-hydrogen) atoms. The van der Waals surface area contributed by atoms with Gasteiger partial charge >= 0.3 is 5.97 Å². The van der Waals surface area contributed by atoms with Gasteiger partial charge in [-0.1, -0.05) is 11.6 Å². The standard InChI is InChI=1S/C9H7ClN2O2S/c1-4-7(9(13)14)8(12-11-4)5-2-3-6(10)15-5/h2-3H,1H3,(H,11,12)(H,13,14). The van der Waals surface area contributed by atoms with Gasteiger partial charge in [-0.3, -0.25) is 5.10 Å². The van der Waals surface area contributed by atoms with Crippen molar-refractivity contribution in [3.63, 3.8) is 0 Å². The highest BCUT2D eigenvalue weighted by molar-refractivity contribution is 7.19. The first-order chi connectivity index (χ1) is 7.09. The van der Waals surface area contributed by atoms with Gasteiger partial charge in [0.1, 0.15) is 11.3 Å². The summed E-state index contributed by atoms with van der Waals surface area (Å²) in [6.45, 7) is 1.68. The second kappa shape index (κ2) is 3.67. The summed E-state index contributed by atoms with van der Waals surface area (Å²) >= 11 is 7.09. The number of nitrogens with zero attached hydrogens (tertiary/aromatic N) is 1. The van der Waals surface area contributed by atoms with Gasteiger partial charge in [-0.15, -0.1) is 11.3 Å². The molecular weight excluding hydrogens is 236 g/mol. The van der Waals surface area contributed by atoms with Gasteiger partial charge in [0.25, 0.3) is 0 Å². The number of aromatic amines is 1. The predicted octanol–water partition coefficient (Wildman–Crippen LogP) is 2.80. The van der Waals surface area contributed by atoms with Crippen LogP contribution in [0.5, 0.6) is 0 Å². The van der Waals surface area contributed by atoms with Crippen LogP contribution in [0, 0.1) is 6.92 Å². The molecule has 0 saturated carbocycles. The number of halogens is 1. The maximum absolute atomic E-state index is 11.0. The van der Waals surface area contributed by atoms with Gasteiger partial charge in [0, 0.05) is 5.69 Å². The van der Waals surface area contributed by atoms with Crippen molar-refractivity contribution >= 4 is 28.9 Å². The molecule has 78 valence electrons. The van der Waals surface area contributed by atoms with Crippen LogP contribution in [0.25, 0.3) is 10.6 Å². The van der Waals surface area contributed by atoms with Gasteiger partial charge < -0.3 is 5.11 Å². The van der Waals surface area contributed by atoms with Crippen molar-refractivity contribution in [3.8, 4) is 10.6 Å². The number of hydrogen-bond acceptors (Lipinski definition) is 3. The van der Waals surface area contributed by atoms with Crippen molar-refractivity contribution in [2.24, 2.45) is 0 Å². The van der Waals surface area contributed by atoms with E-state index in [4.69, 9.17) is 16.7 Å². The van der Waals surface area contributed by atoms with Crippen molar-refractivity contribution < 1.29 is 9.90 Å². The third-order valence-corrected chi connectivity index (χ3v) is 3.21. The van der Waals surface area contributed by atoms with E-state index in [1.165, 1.54) is 11.3 Å². The molecule has 6 heteroatoms. The van der Waals surface area contributed by atoms with Gasteiger partial charge in [-0.05, 0) is 19.1 Å². The van der Waals surface area contributed by atoms with Crippen molar-refractivity contribution in [1.29, 1.82) is 0 Å². The molecule has 2 heterocycles. The number of carbonyl (C=O) groups is 1. The van der Waals surface area contributed by atoms with Crippen LogP contribution in [-0.4, -0.2) is 21.3 Å². The van der Waals surface area contributed by atoms with Gasteiger partial charge in [0.05, 0.1) is 9.21 Å². The number of hydrogen-bond donors (Lipinski definition) is 2. The number of aromatic carboxylic acids is 1. The summed E-state index contributed by atoms with van der Waals surface area (Å²) in [5.74, 6) is -0.985. The van der Waals surface area contributed by atoms with Crippen LogP contribution >= 0.6 is 22.9 Å². The summed E-state index contributed by atoms with van der Waals surface area (Å²) in [5, 5.41) is 15.6. The van der Waals surface area contributed by atoms with Gasteiger partial charge in [0.2, 0.25) is 0 Å². The molecule has 2 aromatic rings. The number of thiophene rings is 1. The Morgan fingerprint density at radius 2 is 2.33 bits per heavy atom. The van der Waals surface area contributed by atoms with E-state index in [1.807, 2.05) is 0 Å². The highest BCUT2D eigenvalue weighted by atomic mass is 35.5. The minimum absolute atomic E-state index is 0.202. The van der Waals surface area contributed by atoms with Crippen molar-refractivity contribution in [1.82, 2.24) is 10.2 Å². The average Bonchev–Trinajstić information content (AvgIpc) is 2.71. The molecule has 2 aromatic heterocycles. The van der Waals surface area contributed by atoms with E-state index in [-0.39, 0.29) is 5.56 Å². The van der Waals surface area contributed by atoms with E-state index in [0.29, 0.717) is 15.7 Å². The van der Waals surface area contributed by atoms with Crippen LogP contribution in [0.4, 0.5) is 0 Å². The van der Waals surface area contributed by atoms with E-state index in [9.17, 15) is 4.79 Å². The fourth-order valence-electron chi connectivity index (χ4n) is 1.31. The Morgan fingerprint density at radius 1 is 1.60 bits per heavy atom. The lowest BCUT2D eigenvalue weighted by atomic mass is 10.2. The van der Waals surface area contributed by atoms with E-state index in [0.717, 1.165) is 4.88 Å². The van der Waals surface area contributed by atoms with Gasteiger partial charge in [-0.25, -0.2) is 4.79 Å². The molecule has 0 aliphatic carbocycles. The van der Waals surface area contributed by atoms with Crippen molar-refractivity contribution in [2.75, 3.05) is 0 Å². The van der Waals surface area contributed by atoms with Crippen LogP contribution in [-0.2, 0) is 0 Å². The molecule has 4 nitrogen and oxygen atoms in total. The smallest absolute Gasteiger partial charge is 0.339 e. The van der Waals surface area contributed by atoms with Crippen molar-refractivity contribution in [3.05, 3.63) is 27.7 Å². The third kappa shape index (κ3) is 1.75. The monoisotopic (exact) mass is 242 g/mol. The molecule has 0 aliphatic rings. The largest absolute Gasteiger partial charge is 0.478 e. The minimum Gasteiger partial charge on any atom is -0.478 e. The molecule has 0 bridgehead atoms. The summed E-state index contributed by atoms with van der Waals surface area (Å²) in [6, 6.07) is 3.48. The lowest BCUT2D eigenvalue weighted by Crippen LogP contribution is -1.98. The molecule has 0 aromatic carbocycles. The van der Waals surface area contributed by atoms with Crippen LogP contribution < -0.4 is 0 Å². The summed E-state index contributed by atoms with van der Waals surface area (Å²) in [6.07, 6.45) is 0. The maximum atomic E-state index is 11.0. The zero-order valence-electron chi connectivity index (χ0n) is 7.74. The van der Waals surface area contributed by atoms with Gasteiger partial charge in [-0.2, -0.15) is 5.10 Å². The summed E-state index contributed by atoms with van der Waals surface area (Å²) < 4.78 is 0.613. The molecular formula is C9H7ClN2O2S. The third-order valence-electron chi connectivity index (χ3n) is 1.97. The van der Waals surface area contributed by atoms with Gasteiger partial charge in [0.15, 0.2) is 0 Å². The maximum Gasteiger partial charge on any atom is 0.339 e. The highest BCUT2D eigenvalue weighted by Crippen LogP contribution is 2.32. The lowest BCUT2D eigenvalue weighted by Gasteiger charge is -1.94. The summed E-state index contributed by atoms with van der Waals surface area (Å²) in [5.41, 5.74) is 1.19. The number of nitrogens with one attached hydrogen (secondary N) is 1. The quantitative estimate of drug-likeness (QED) is 0.851. The topological polar surface area (TPSA) is 66.0 Å². The molecule has 0 unspecified atom stereocenters. The summed E-state index contributed by atoms with van der Waals surface area (Å²) in [4.78, 5) is 11.7. The van der Waals surface area contributed by atoms with Crippen LogP contribution in [0.2, 0.25) is 4.34 Å². The Morgan fingerprint density at radius 3 is 2.87 bits per heavy atom. The Bertz CT molecular complexity index is 518. The number of H-pyrrole nitrogens is 1. The molecule has 0 amide bonds. The molecule has 2 N–H and O–H groups in total.